The smallest absolute Gasteiger partial charge is 0.233 e. The number of rotatable bonds is 8. The molecule has 4 rings (SSSR count). The molecule has 1 N–H and O–H groups in total. The van der Waals surface area contributed by atoms with Crippen molar-refractivity contribution in [3.05, 3.63) is 77.8 Å². The lowest BCUT2D eigenvalue weighted by Gasteiger charge is -2.21. The minimum Gasteiger partial charge on any atom is -0.349 e. The Labute approximate surface area is 200 Å². The number of nitrogens with zero attached hydrogens (tertiary/aromatic N) is 4. The first-order valence-electron chi connectivity index (χ1n) is 11.5. The Balaban J connectivity index is 1.47. The standard InChI is InChI=1S/C26H31N5OS/c1-18(2)21-9-11-23(12-10-21)28-25(32)19(3)33-26-30-29-24(22-13-15-27-16-14-22)31(26)17-20-7-5-4-6-8-20/h4-11,13,15-16,18-19,22-23H,12,14,17H2,1-3H3,(H,28,32). The second kappa shape index (κ2) is 10.8. The first-order chi connectivity index (χ1) is 16.0. The Kier molecular flexibility index (Phi) is 7.60. The van der Waals surface area contributed by atoms with Crippen molar-refractivity contribution in [3.8, 4) is 0 Å². The molecule has 3 unspecified atom stereocenters. The lowest BCUT2D eigenvalue weighted by molar-refractivity contribution is -0.120. The quantitative estimate of drug-likeness (QED) is 0.567. The van der Waals surface area contributed by atoms with E-state index in [0.717, 1.165) is 23.8 Å². The molecule has 6 nitrogen and oxygen atoms in total. The number of amides is 1. The summed E-state index contributed by atoms with van der Waals surface area (Å²) in [6.45, 7) is 6.96. The van der Waals surface area contributed by atoms with E-state index in [1.54, 1.807) is 0 Å². The number of aliphatic imine (C=N–C) groups is 1. The zero-order valence-corrected chi connectivity index (χ0v) is 20.2. The van der Waals surface area contributed by atoms with Crippen molar-refractivity contribution in [2.75, 3.05) is 0 Å². The summed E-state index contributed by atoms with van der Waals surface area (Å²) in [6, 6.07) is 10.3. The van der Waals surface area contributed by atoms with Crippen LogP contribution in [0.2, 0.25) is 0 Å². The van der Waals surface area contributed by atoms with Crippen LogP contribution < -0.4 is 5.32 Å². The summed E-state index contributed by atoms with van der Waals surface area (Å²) in [5, 5.41) is 12.6. The fourth-order valence-electron chi connectivity index (χ4n) is 3.92. The molecular formula is C26H31N5OS. The summed E-state index contributed by atoms with van der Waals surface area (Å²) in [4.78, 5) is 17.1. The van der Waals surface area contributed by atoms with E-state index >= 15 is 0 Å². The van der Waals surface area contributed by atoms with Gasteiger partial charge in [-0.25, -0.2) is 0 Å². The Hall–Kier alpha value is -2.93. The van der Waals surface area contributed by atoms with Gasteiger partial charge in [0.05, 0.1) is 17.8 Å². The van der Waals surface area contributed by atoms with Crippen LogP contribution in [0.15, 0.2) is 76.6 Å². The number of carbonyl (C=O) groups is 1. The zero-order valence-electron chi connectivity index (χ0n) is 19.4. The number of allylic oxidation sites excluding steroid dienone is 3. The molecule has 1 aromatic carbocycles. The van der Waals surface area contributed by atoms with Gasteiger partial charge in [-0.05, 0) is 36.8 Å². The van der Waals surface area contributed by atoms with E-state index in [1.807, 2.05) is 37.5 Å². The van der Waals surface area contributed by atoms with Gasteiger partial charge in [0, 0.05) is 18.3 Å². The SMILES string of the molecule is CC(C)C1=CCC(NC(=O)C(C)Sc2nnc(C3C=CN=CC3)n2Cc2ccccc2)C=C1. The molecule has 2 aliphatic rings. The van der Waals surface area contributed by atoms with Crippen LogP contribution in [0.25, 0.3) is 0 Å². The van der Waals surface area contributed by atoms with Gasteiger partial charge < -0.3 is 9.88 Å². The van der Waals surface area contributed by atoms with Gasteiger partial charge in [-0.3, -0.25) is 9.79 Å². The predicted octanol–water partition coefficient (Wildman–Crippen LogP) is 4.91. The van der Waals surface area contributed by atoms with Crippen LogP contribution in [-0.2, 0) is 11.3 Å². The van der Waals surface area contributed by atoms with Gasteiger partial charge in [0.15, 0.2) is 5.16 Å². The molecule has 3 atom stereocenters. The lowest BCUT2D eigenvalue weighted by atomic mass is 9.95. The maximum Gasteiger partial charge on any atom is 0.233 e. The maximum atomic E-state index is 12.9. The molecule has 0 saturated carbocycles. The van der Waals surface area contributed by atoms with Gasteiger partial charge >= 0.3 is 0 Å². The molecule has 2 aromatic rings. The first kappa shape index (κ1) is 23.2. The highest BCUT2D eigenvalue weighted by molar-refractivity contribution is 8.00. The molecule has 0 radical (unpaired) electrons. The molecule has 0 spiro atoms. The van der Waals surface area contributed by atoms with Crippen molar-refractivity contribution in [3.63, 3.8) is 0 Å². The highest BCUT2D eigenvalue weighted by atomic mass is 32.2. The van der Waals surface area contributed by atoms with E-state index in [4.69, 9.17) is 0 Å². The number of nitrogens with one attached hydrogen (secondary N) is 1. The zero-order chi connectivity index (χ0) is 23.2. The average Bonchev–Trinajstić information content (AvgIpc) is 3.22. The summed E-state index contributed by atoms with van der Waals surface area (Å²) >= 11 is 1.46. The largest absolute Gasteiger partial charge is 0.349 e. The molecule has 33 heavy (non-hydrogen) atoms. The van der Waals surface area contributed by atoms with Crippen LogP contribution in [0.1, 0.15) is 50.9 Å². The molecule has 0 bridgehead atoms. The molecule has 1 aliphatic carbocycles. The molecule has 0 fully saturated rings. The van der Waals surface area contributed by atoms with Gasteiger partial charge in [-0.15, -0.1) is 10.2 Å². The summed E-state index contributed by atoms with van der Waals surface area (Å²) in [7, 11) is 0. The van der Waals surface area contributed by atoms with Crippen LogP contribution in [0.4, 0.5) is 0 Å². The van der Waals surface area contributed by atoms with Crippen LogP contribution >= 0.6 is 11.8 Å². The topological polar surface area (TPSA) is 72.2 Å². The van der Waals surface area contributed by atoms with E-state index in [1.165, 1.54) is 22.9 Å². The third-order valence-electron chi connectivity index (χ3n) is 5.90. The fourth-order valence-corrected chi connectivity index (χ4v) is 4.78. The van der Waals surface area contributed by atoms with E-state index in [0.29, 0.717) is 12.5 Å². The Bertz CT molecular complexity index is 1080. The van der Waals surface area contributed by atoms with Crippen molar-refractivity contribution in [2.45, 2.75) is 62.5 Å². The van der Waals surface area contributed by atoms with Gasteiger partial charge in [0.1, 0.15) is 5.82 Å². The van der Waals surface area contributed by atoms with Gasteiger partial charge in [0.25, 0.3) is 0 Å². The monoisotopic (exact) mass is 461 g/mol. The van der Waals surface area contributed by atoms with Crippen LogP contribution in [0.5, 0.6) is 0 Å². The second-order valence-corrected chi connectivity index (χ2v) is 10.1. The summed E-state index contributed by atoms with van der Waals surface area (Å²) in [5.74, 6) is 1.55. The molecule has 1 aliphatic heterocycles. The van der Waals surface area contributed by atoms with Gasteiger partial charge in [0.2, 0.25) is 5.91 Å². The average molecular weight is 462 g/mol. The number of carbonyl (C=O) groups excluding carboxylic acids is 1. The third-order valence-corrected chi connectivity index (χ3v) is 6.98. The number of thioether (sulfide) groups is 1. The first-order valence-corrected chi connectivity index (χ1v) is 12.4. The van der Waals surface area contributed by atoms with Crippen LogP contribution in [0, 0.1) is 5.92 Å². The molecule has 7 heteroatoms. The van der Waals surface area contributed by atoms with Crippen molar-refractivity contribution >= 4 is 23.9 Å². The predicted molar refractivity (Wildman–Crippen MR) is 134 cm³/mol. The van der Waals surface area contributed by atoms with E-state index in [-0.39, 0.29) is 23.1 Å². The highest BCUT2D eigenvalue weighted by Gasteiger charge is 2.25. The molecule has 1 amide bonds. The minimum absolute atomic E-state index is 0.0107. The minimum atomic E-state index is -0.288. The van der Waals surface area contributed by atoms with E-state index < -0.39 is 0 Å². The number of aromatic nitrogens is 3. The normalized spacial score (nSPS) is 20.7. The molecule has 0 saturated heterocycles. The molecular weight excluding hydrogens is 430 g/mol. The van der Waals surface area contributed by atoms with Gasteiger partial charge in [-0.2, -0.15) is 0 Å². The summed E-state index contributed by atoms with van der Waals surface area (Å²) < 4.78 is 2.14. The maximum absolute atomic E-state index is 12.9. The second-order valence-electron chi connectivity index (χ2n) is 8.76. The number of hydrogen-bond acceptors (Lipinski definition) is 5. The van der Waals surface area contributed by atoms with Crippen molar-refractivity contribution in [2.24, 2.45) is 10.9 Å². The van der Waals surface area contributed by atoms with Crippen LogP contribution in [0.3, 0.4) is 0 Å². The van der Waals surface area contributed by atoms with Crippen molar-refractivity contribution < 1.29 is 4.79 Å². The van der Waals surface area contributed by atoms with Crippen molar-refractivity contribution in [1.82, 2.24) is 20.1 Å². The van der Waals surface area contributed by atoms with E-state index in [9.17, 15) is 4.79 Å². The summed E-state index contributed by atoms with van der Waals surface area (Å²) in [6.07, 6.45) is 13.8. The van der Waals surface area contributed by atoms with Gasteiger partial charge in [-0.1, -0.05) is 80.2 Å². The highest BCUT2D eigenvalue weighted by Crippen LogP contribution is 2.29. The molecule has 172 valence electrons. The number of benzene rings is 1. The third kappa shape index (κ3) is 5.90. The van der Waals surface area contributed by atoms with E-state index in [2.05, 4.69) is 75.4 Å². The Morgan fingerprint density at radius 3 is 2.64 bits per heavy atom. The fraction of sp³-hybridized carbons (Fsp3) is 0.385. The van der Waals surface area contributed by atoms with Crippen LogP contribution in [-0.4, -0.2) is 38.2 Å². The Morgan fingerprint density at radius 1 is 1.15 bits per heavy atom. The van der Waals surface area contributed by atoms with Crippen molar-refractivity contribution in [1.29, 1.82) is 0 Å². The summed E-state index contributed by atoms with van der Waals surface area (Å²) in [5.41, 5.74) is 2.50. The molecule has 2 heterocycles. The number of hydrogen-bond donors (Lipinski definition) is 1. The Morgan fingerprint density at radius 2 is 1.97 bits per heavy atom. The lowest BCUT2D eigenvalue weighted by Crippen LogP contribution is -2.38. The molecule has 1 aromatic heterocycles.